The Balaban J connectivity index is 5.11. The van der Waals surface area contributed by atoms with Crippen LogP contribution >= 0.6 is 0 Å². The van der Waals surface area contributed by atoms with Crippen molar-refractivity contribution in [2.75, 3.05) is 0 Å². The van der Waals surface area contributed by atoms with Crippen molar-refractivity contribution in [2.45, 2.75) is 47.0 Å². The van der Waals surface area contributed by atoms with E-state index in [1.165, 1.54) is 20.1 Å². The molecule has 4 nitrogen and oxygen atoms in total. The van der Waals surface area contributed by atoms with Gasteiger partial charge >= 0.3 is 0 Å². The zero-order chi connectivity index (χ0) is 17.1. The van der Waals surface area contributed by atoms with Gasteiger partial charge in [0.15, 0.2) is 11.6 Å². The van der Waals surface area contributed by atoms with Crippen molar-refractivity contribution in [1.29, 1.82) is 0 Å². The molecule has 0 saturated carbocycles. The number of rotatable bonds is 9. The molecule has 0 amide bonds. The van der Waals surface area contributed by atoms with E-state index in [4.69, 9.17) is 0 Å². The molecule has 0 bridgehead atoms. The van der Waals surface area contributed by atoms with Crippen LogP contribution in [0.25, 0.3) is 0 Å². The molecule has 4 heteroatoms. The molecule has 0 saturated heterocycles. The van der Waals surface area contributed by atoms with Crippen molar-refractivity contribution in [2.24, 2.45) is 4.99 Å². The molecule has 0 aliphatic heterocycles. The SMILES string of the molecule is C=C(/C=C\C(=C/CC)C(C)=O)N=CC(C(C)=O)=C(O)CCC. The molecule has 0 aliphatic carbocycles. The Morgan fingerprint density at radius 3 is 2.23 bits per heavy atom. The molecule has 0 aliphatic rings. The molecule has 120 valence electrons. The largest absolute Gasteiger partial charge is 0.512 e. The molecule has 0 fully saturated rings. The number of hydrogen-bond donors (Lipinski definition) is 1. The van der Waals surface area contributed by atoms with Crippen molar-refractivity contribution in [3.63, 3.8) is 0 Å². The van der Waals surface area contributed by atoms with Crippen LogP contribution < -0.4 is 0 Å². The van der Waals surface area contributed by atoms with E-state index in [2.05, 4.69) is 11.6 Å². The second-order valence-electron chi connectivity index (χ2n) is 4.87. The molecule has 0 aromatic heterocycles. The third kappa shape index (κ3) is 7.53. The van der Waals surface area contributed by atoms with E-state index >= 15 is 0 Å². The lowest BCUT2D eigenvalue weighted by Gasteiger charge is -2.02. The van der Waals surface area contributed by atoms with E-state index in [-0.39, 0.29) is 22.9 Å². The summed E-state index contributed by atoms with van der Waals surface area (Å²) in [6.07, 6.45) is 8.32. The highest BCUT2D eigenvalue weighted by atomic mass is 16.3. The molecule has 22 heavy (non-hydrogen) atoms. The van der Waals surface area contributed by atoms with Crippen LogP contribution in [0.1, 0.15) is 47.0 Å². The van der Waals surface area contributed by atoms with Crippen molar-refractivity contribution in [3.8, 4) is 0 Å². The van der Waals surface area contributed by atoms with Crippen LogP contribution in [0, 0.1) is 0 Å². The van der Waals surface area contributed by atoms with Gasteiger partial charge in [0.25, 0.3) is 0 Å². The van der Waals surface area contributed by atoms with Gasteiger partial charge in [-0.3, -0.25) is 14.6 Å². The molecule has 0 heterocycles. The fraction of sp³-hybridized carbons (Fsp3) is 0.389. The van der Waals surface area contributed by atoms with Crippen LogP contribution in [0.3, 0.4) is 0 Å². The molecular weight excluding hydrogens is 278 g/mol. The molecule has 1 N–H and O–H groups in total. The molecular formula is C18H25NO3. The van der Waals surface area contributed by atoms with E-state index < -0.39 is 0 Å². The van der Waals surface area contributed by atoms with E-state index in [0.29, 0.717) is 17.7 Å². The highest BCUT2D eigenvalue weighted by Crippen LogP contribution is 2.09. The average Bonchev–Trinajstić information content (AvgIpc) is 2.43. The van der Waals surface area contributed by atoms with Crippen LogP contribution in [-0.2, 0) is 9.59 Å². The Morgan fingerprint density at radius 2 is 1.77 bits per heavy atom. The lowest BCUT2D eigenvalue weighted by molar-refractivity contribution is -0.114. The summed E-state index contributed by atoms with van der Waals surface area (Å²) in [5.74, 6) is -0.243. The Bertz CT molecular complexity index is 549. The van der Waals surface area contributed by atoms with Gasteiger partial charge in [-0.25, -0.2) is 0 Å². The maximum absolute atomic E-state index is 11.5. The number of carbonyl (C=O) groups is 2. The Hall–Kier alpha value is -2.23. The van der Waals surface area contributed by atoms with E-state index in [9.17, 15) is 14.7 Å². The molecule has 0 aromatic carbocycles. The Labute approximate surface area is 132 Å². The van der Waals surface area contributed by atoms with Gasteiger partial charge in [-0.15, -0.1) is 0 Å². The van der Waals surface area contributed by atoms with Crippen molar-refractivity contribution in [1.82, 2.24) is 0 Å². The fourth-order valence-corrected chi connectivity index (χ4v) is 1.67. The Kier molecular flexibility index (Phi) is 9.43. The Morgan fingerprint density at radius 1 is 1.14 bits per heavy atom. The van der Waals surface area contributed by atoms with Crippen LogP contribution in [0.5, 0.6) is 0 Å². The highest BCUT2D eigenvalue weighted by molar-refractivity contribution is 6.12. The van der Waals surface area contributed by atoms with Gasteiger partial charge in [0.2, 0.25) is 0 Å². The number of allylic oxidation sites excluding steroid dienone is 6. The average molecular weight is 303 g/mol. The minimum atomic E-state index is -0.248. The predicted octanol–water partition coefficient (Wildman–Crippen LogP) is 4.25. The van der Waals surface area contributed by atoms with Gasteiger partial charge in [0.05, 0.1) is 11.3 Å². The standard InChI is InChI=1S/C18H25NO3/c1-6-8-16(14(4)20)11-10-13(3)19-12-17(15(5)21)18(22)9-7-2/h8,10-12,22H,3,6-7,9H2,1-2,4-5H3/b11-10-,16-8+,18-17?,19-12?. The first-order chi connectivity index (χ1) is 10.3. The summed E-state index contributed by atoms with van der Waals surface area (Å²) in [7, 11) is 0. The monoisotopic (exact) mass is 303 g/mol. The third-order valence-corrected chi connectivity index (χ3v) is 2.82. The molecule has 0 radical (unpaired) electrons. The number of Topliss-reactive ketones (excluding diaryl/α,β-unsaturated/α-hetero) is 2. The normalized spacial score (nSPS) is 13.5. The lowest BCUT2D eigenvalue weighted by Crippen LogP contribution is -2.03. The summed E-state index contributed by atoms with van der Waals surface area (Å²) in [6, 6.07) is 0. The van der Waals surface area contributed by atoms with Crippen molar-refractivity contribution in [3.05, 3.63) is 47.4 Å². The summed E-state index contributed by atoms with van der Waals surface area (Å²) in [4.78, 5) is 26.9. The highest BCUT2D eigenvalue weighted by Gasteiger charge is 2.07. The number of carbonyl (C=O) groups excluding carboxylic acids is 2. The first-order valence-electron chi connectivity index (χ1n) is 7.38. The van der Waals surface area contributed by atoms with Gasteiger partial charge in [-0.1, -0.05) is 26.5 Å². The fourth-order valence-electron chi connectivity index (χ4n) is 1.67. The summed E-state index contributed by atoms with van der Waals surface area (Å²) in [5.41, 5.74) is 1.17. The zero-order valence-corrected chi connectivity index (χ0v) is 13.8. The lowest BCUT2D eigenvalue weighted by atomic mass is 10.1. The number of aliphatic hydroxyl groups is 1. The van der Waals surface area contributed by atoms with Crippen LogP contribution in [0.2, 0.25) is 0 Å². The number of nitrogens with zero attached hydrogens (tertiary/aromatic N) is 1. The van der Waals surface area contributed by atoms with E-state index in [1.807, 2.05) is 19.9 Å². The summed E-state index contributed by atoms with van der Waals surface area (Å²) < 4.78 is 0. The third-order valence-electron chi connectivity index (χ3n) is 2.82. The van der Waals surface area contributed by atoms with Crippen LogP contribution in [0.15, 0.2) is 52.4 Å². The van der Waals surface area contributed by atoms with Crippen molar-refractivity contribution < 1.29 is 14.7 Å². The summed E-state index contributed by atoms with van der Waals surface area (Å²) in [6.45, 7) is 10.5. The first-order valence-corrected chi connectivity index (χ1v) is 7.38. The molecule has 0 spiro atoms. The minimum Gasteiger partial charge on any atom is -0.512 e. The van der Waals surface area contributed by atoms with Gasteiger partial charge < -0.3 is 5.11 Å². The molecule has 0 rings (SSSR count). The van der Waals surface area contributed by atoms with Crippen molar-refractivity contribution >= 4 is 17.8 Å². The first kappa shape index (κ1) is 19.8. The van der Waals surface area contributed by atoms with Gasteiger partial charge in [0, 0.05) is 18.2 Å². The maximum atomic E-state index is 11.5. The van der Waals surface area contributed by atoms with E-state index in [0.717, 1.165) is 12.8 Å². The van der Waals surface area contributed by atoms with Crippen LogP contribution in [0.4, 0.5) is 0 Å². The second-order valence-corrected chi connectivity index (χ2v) is 4.87. The smallest absolute Gasteiger partial charge is 0.164 e. The van der Waals surface area contributed by atoms with Crippen LogP contribution in [-0.4, -0.2) is 22.9 Å². The zero-order valence-electron chi connectivity index (χ0n) is 13.8. The summed E-state index contributed by atoms with van der Waals surface area (Å²) >= 11 is 0. The quantitative estimate of drug-likeness (QED) is 0.299. The minimum absolute atomic E-state index is 0.0280. The molecule has 0 atom stereocenters. The summed E-state index contributed by atoms with van der Waals surface area (Å²) in [5, 5.41) is 9.82. The topological polar surface area (TPSA) is 66.7 Å². The predicted molar refractivity (Wildman–Crippen MR) is 91.1 cm³/mol. The number of ketones is 2. The second kappa shape index (κ2) is 10.5. The molecule has 0 unspecified atom stereocenters. The number of aliphatic imine (C=N–C) groups is 1. The maximum Gasteiger partial charge on any atom is 0.164 e. The number of aliphatic hydroxyl groups excluding tert-OH is 1. The van der Waals surface area contributed by atoms with Gasteiger partial charge in [-0.05, 0) is 38.8 Å². The molecule has 0 aromatic rings. The van der Waals surface area contributed by atoms with E-state index in [1.54, 1.807) is 12.2 Å². The number of hydrogen-bond acceptors (Lipinski definition) is 4. The van der Waals surface area contributed by atoms with Gasteiger partial charge in [0.1, 0.15) is 5.76 Å². The van der Waals surface area contributed by atoms with Gasteiger partial charge in [-0.2, -0.15) is 0 Å².